The molecule has 2 aromatic heterocycles. The Labute approximate surface area is 206 Å². The highest BCUT2D eigenvalue weighted by atomic mass is 79.9. The molecule has 0 N–H and O–H groups in total. The summed E-state index contributed by atoms with van der Waals surface area (Å²) in [6.45, 7) is 13.0. The summed E-state index contributed by atoms with van der Waals surface area (Å²) in [4.78, 5) is 31.1. The summed E-state index contributed by atoms with van der Waals surface area (Å²) in [7, 11) is 0. The van der Waals surface area contributed by atoms with Crippen LogP contribution in [0.1, 0.15) is 61.3 Å². The van der Waals surface area contributed by atoms with E-state index in [-0.39, 0.29) is 11.1 Å². The third-order valence-electron chi connectivity index (χ3n) is 4.87. The van der Waals surface area contributed by atoms with Gasteiger partial charge in [-0.3, -0.25) is 4.90 Å². The Hall–Kier alpha value is -2.07. The highest BCUT2D eigenvalue weighted by molar-refractivity contribution is 9.10. The first-order valence-electron chi connectivity index (χ1n) is 10.7. The number of nitrogens with zero attached hydrogens (tertiary/aromatic N) is 4. The number of carbonyl (C=O) groups excluding carboxylic acids is 2. The van der Waals surface area contributed by atoms with Crippen molar-refractivity contribution >= 4 is 51.2 Å². The number of ether oxygens (including phenoxy) is 3. The average Bonchev–Trinajstić information content (AvgIpc) is 2.95. The average molecular weight is 546 g/mol. The normalized spacial score (nSPS) is 20.8. The number of fused-ring (bicyclic) bond motifs is 1. The van der Waals surface area contributed by atoms with Crippen LogP contribution in [0.25, 0.3) is 5.65 Å². The summed E-state index contributed by atoms with van der Waals surface area (Å²) in [5, 5.41) is 4.55. The molecule has 0 aliphatic heterocycles. The van der Waals surface area contributed by atoms with Crippen molar-refractivity contribution in [1.82, 2.24) is 14.6 Å². The zero-order chi connectivity index (χ0) is 24.8. The molecule has 1 fully saturated rings. The molecule has 0 spiro atoms. The first-order chi connectivity index (χ1) is 15.1. The number of halogens is 2. The van der Waals surface area contributed by atoms with E-state index in [4.69, 9.17) is 25.8 Å². The van der Waals surface area contributed by atoms with Crippen LogP contribution in [0.5, 0.6) is 0 Å². The second-order valence-corrected chi connectivity index (χ2v) is 11.8. The summed E-state index contributed by atoms with van der Waals surface area (Å²) >= 11 is 9.66. The van der Waals surface area contributed by atoms with Gasteiger partial charge < -0.3 is 14.2 Å². The summed E-state index contributed by atoms with van der Waals surface area (Å²) in [6, 6.07) is 1.58. The van der Waals surface area contributed by atoms with Gasteiger partial charge in [0.05, 0.1) is 10.7 Å². The molecule has 1 aliphatic carbocycles. The molecule has 33 heavy (non-hydrogen) atoms. The number of anilines is 1. The van der Waals surface area contributed by atoms with E-state index < -0.39 is 29.1 Å². The topological polar surface area (TPSA) is 95.3 Å². The van der Waals surface area contributed by atoms with Crippen LogP contribution in [0.4, 0.5) is 15.4 Å². The van der Waals surface area contributed by atoms with Gasteiger partial charge in [-0.05, 0) is 83.2 Å². The first kappa shape index (κ1) is 25.6. The van der Waals surface area contributed by atoms with Crippen molar-refractivity contribution < 1.29 is 23.8 Å². The number of aromatic nitrogens is 3. The quantitative estimate of drug-likeness (QED) is 0.343. The van der Waals surface area contributed by atoms with Crippen LogP contribution < -0.4 is 4.90 Å². The van der Waals surface area contributed by atoms with E-state index in [9.17, 15) is 9.59 Å². The molecule has 1 amide bonds. The van der Waals surface area contributed by atoms with Gasteiger partial charge in [-0.2, -0.15) is 9.61 Å². The molecule has 3 rings (SSSR count). The van der Waals surface area contributed by atoms with E-state index in [2.05, 4.69) is 26.0 Å². The molecular weight excluding hydrogens is 516 g/mol. The van der Waals surface area contributed by atoms with Gasteiger partial charge in [0.2, 0.25) is 0 Å². The van der Waals surface area contributed by atoms with Crippen LogP contribution in [0, 0.1) is 5.92 Å². The lowest BCUT2D eigenvalue weighted by molar-refractivity contribution is -0.109. The Balaban J connectivity index is 1.81. The fraction of sp³-hybridized carbons (Fsp3) is 0.636. The Morgan fingerprint density at radius 3 is 2.39 bits per heavy atom. The molecule has 0 bridgehead atoms. The molecule has 1 aliphatic rings. The zero-order valence-electron chi connectivity index (χ0n) is 19.9. The molecule has 2 aromatic rings. The maximum absolute atomic E-state index is 13.2. The van der Waals surface area contributed by atoms with Crippen molar-refractivity contribution in [1.29, 1.82) is 0 Å². The number of carbonyl (C=O) groups is 2. The summed E-state index contributed by atoms with van der Waals surface area (Å²) in [6.07, 6.45) is 1.49. The fourth-order valence-electron chi connectivity index (χ4n) is 3.77. The van der Waals surface area contributed by atoms with E-state index in [0.29, 0.717) is 35.3 Å². The molecule has 0 atom stereocenters. The molecule has 11 heteroatoms. The molecule has 9 nitrogen and oxygen atoms in total. The van der Waals surface area contributed by atoms with Crippen LogP contribution in [0.15, 0.2) is 16.7 Å². The maximum atomic E-state index is 13.2. The molecule has 1 saturated carbocycles. The highest BCUT2D eigenvalue weighted by Gasteiger charge is 2.46. The first-order valence-corrected chi connectivity index (χ1v) is 11.8. The lowest BCUT2D eigenvalue weighted by atomic mass is 9.71. The molecule has 0 radical (unpaired) electrons. The minimum atomic E-state index is -0.698. The third kappa shape index (κ3) is 6.50. The second-order valence-electron chi connectivity index (χ2n) is 10.5. The predicted molar refractivity (Wildman–Crippen MR) is 128 cm³/mol. The standard InChI is InChI=1S/C22H30BrClN4O5/c1-20(2,3)31-18(29)27(16-8-15(24)26-17-14(23)11-25-28(16)17)12-13-9-22(7,10-13)33-19(30)32-21(4,5)6/h8,11,13H,9-10,12H2,1-7H3/t13-,22+. The molecule has 0 unspecified atom stereocenters. The minimum absolute atomic E-state index is 0.0611. The van der Waals surface area contributed by atoms with Crippen LogP contribution in [-0.4, -0.2) is 50.2 Å². The van der Waals surface area contributed by atoms with E-state index in [1.807, 2.05) is 6.92 Å². The van der Waals surface area contributed by atoms with Crippen LogP contribution in [0.3, 0.4) is 0 Å². The lowest BCUT2D eigenvalue weighted by Gasteiger charge is -2.45. The molecule has 0 saturated heterocycles. The fourth-order valence-corrected chi connectivity index (χ4v) is 4.29. The summed E-state index contributed by atoms with van der Waals surface area (Å²) in [5.41, 5.74) is -1.50. The Bertz CT molecular complexity index is 1050. The maximum Gasteiger partial charge on any atom is 0.509 e. The SMILES string of the molecule is CC(C)(C)OC(=O)O[C@]1(C)C[C@H](CN(C(=O)OC(C)(C)C)c2cc(Cl)nc3c(Br)cnn23)C1. The summed E-state index contributed by atoms with van der Waals surface area (Å²) < 4.78 is 18.7. The van der Waals surface area contributed by atoms with Crippen molar-refractivity contribution in [2.24, 2.45) is 5.92 Å². The highest BCUT2D eigenvalue weighted by Crippen LogP contribution is 2.42. The van der Waals surface area contributed by atoms with E-state index in [0.717, 1.165) is 0 Å². The zero-order valence-corrected chi connectivity index (χ0v) is 22.3. The van der Waals surface area contributed by atoms with Gasteiger partial charge in [-0.15, -0.1) is 0 Å². The number of hydrogen-bond donors (Lipinski definition) is 0. The van der Waals surface area contributed by atoms with Crippen molar-refractivity contribution in [3.8, 4) is 0 Å². The van der Waals surface area contributed by atoms with Gasteiger partial charge in [0.1, 0.15) is 27.8 Å². The van der Waals surface area contributed by atoms with E-state index >= 15 is 0 Å². The Kier molecular flexibility index (Phi) is 6.92. The monoisotopic (exact) mass is 544 g/mol. The number of rotatable bonds is 4. The van der Waals surface area contributed by atoms with E-state index in [1.165, 1.54) is 9.42 Å². The van der Waals surface area contributed by atoms with Gasteiger partial charge in [0.15, 0.2) is 5.65 Å². The Morgan fingerprint density at radius 2 is 1.82 bits per heavy atom. The van der Waals surface area contributed by atoms with Crippen LogP contribution in [0.2, 0.25) is 5.15 Å². The van der Waals surface area contributed by atoms with Crippen molar-refractivity contribution in [3.63, 3.8) is 0 Å². The van der Waals surface area contributed by atoms with Crippen LogP contribution in [-0.2, 0) is 14.2 Å². The summed E-state index contributed by atoms with van der Waals surface area (Å²) in [5.74, 6) is 0.498. The van der Waals surface area contributed by atoms with Gasteiger partial charge in [0, 0.05) is 12.6 Å². The second kappa shape index (κ2) is 8.94. The van der Waals surface area contributed by atoms with Gasteiger partial charge in [-0.1, -0.05) is 11.6 Å². The smallest absolute Gasteiger partial charge is 0.443 e. The molecule has 0 aromatic carbocycles. The molecule has 2 heterocycles. The van der Waals surface area contributed by atoms with E-state index in [1.54, 1.807) is 53.8 Å². The lowest BCUT2D eigenvalue weighted by Crippen LogP contribution is -2.51. The third-order valence-corrected chi connectivity index (χ3v) is 5.62. The Morgan fingerprint density at radius 1 is 1.21 bits per heavy atom. The van der Waals surface area contributed by atoms with Crippen molar-refractivity contribution in [3.05, 3.63) is 21.9 Å². The predicted octanol–water partition coefficient (Wildman–Crippen LogP) is 6.01. The largest absolute Gasteiger partial charge is 0.509 e. The van der Waals surface area contributed by atoms with Crippen molar-refractivity contribution in [2.75, 3.05) is 11.4 Å². The minimum Gasteiger partial charge on any atom is -0.443 e. The number of hydrogen-bond acceptors (Lipinski definition) is 7. The van der Waals surface area contributed by atoms with Gasteiger partial charge >= 0.3 is 12.2 Å². The van der Waals surface area contributed by atoms with Crippen LogP contribution >= 0.6 is 27.5 Å². The van der Waals surface area contributed by atoms with Gasteiger partial charge in [-0.25, -0.2) is 14.6 Å². The molecular formula is C22H30BrClN4O5. The molecule has 182 valence electrons. The van der Waals surface area contributed by atoms with Gasteiger partial charge in [0.25, 0.3) is 0 Å². The number of amides is 1. The van der Waals surface area contributed by atoms with Crippen molar-refractivity contribution in [2.45, 2.75) is 78.1 Å².